The molecule has 0 unspecified atom stereocenters. The number of carbonyl (C=O) groups excluding carboxylic acids is 1. The highest BCUT2D eigenvalue weighted by atomic mass is 19.4. The number of hydrogen-bond acceptors (Lipinski definition) is 2. The summed E-state index contributed by atoms with van der Waals surface area (Å²) in [7, 11) is 0. The van der Waals surface area contributed by atoms with Gasteiger partial charge in [-0.2, -0.15) is 26.3 Å². The third-order valence-electron chi connectivity index (χ3n) is 1.62. The summed E-state index contributed by atoms with van der Waals surface area (Å²) in [4.78, 5) is 20.5. The Labute approximate surface area is 84.2 Å². The molecule has 0 aliphatic heterocycles. The van der Waals surface area contributed by atoms with Crippen LogP contribution in [-0.2, 0) is 9.59 Å². The number of carboxylic acids is 1. The molecule has 0 saturated heterocycles. The molecule has 0 bridgehead atoms. The minimum absolute atomic E-state index is 0.0844. The topological polar surface area (TPSA) is 66.4 Å². The van der Waals surface area contributed by atoms with Crippen LogP contribution >= 0.6 is 0 Å². The molecule has 0 spiro atoms. The highest BCUT2D eigenvalue weighted by Gasteiger charge is 2.60. The van der Waals surface area contributed by atoms with Crippen molar-refractivity contribution in [1.82, 2.24) is 5.32 Å². The summed E-state index contributed by atoms with van der Waals surface area (Å²) in [5, 5.41) is 8.56. The second-order valence-corrected chi connectivity index (χ2v) is 2.88. The summed E-state index contributed by atoms with van der Waals surface area (Å²) in [5.41, 5.74) is -3.99. The van der Waals surface area contributed by atoms with Crippen LogP contribution in [0.15, 0.2) is 0 Å². The molecule has 0 aromatic carbocycles. The van der Waals surface area contributed by atoms with Gasteiger partial charge in [-0.1, -0.05) is 0 Å². The molecule has 0 aliphatic rings. The van der Waals surface area contributed by atoms with Crippen LogP contribution in [0, 0.1) is 0 Å². The average molecular weight is 253 g/mol. The van der Waals surface area contributed by atoms with Gasteiger partial charge in [0, 0.05) is 0 Å². The van der Waals surface area contributed by atoms with E-state index in [0.29, 0.717) is 5.32 Å². The van der Waals surface area contributed by atoms with Crippen molar-refractivity contribution >= 4 is 11.9 Å². The van der Waals surface area contributed by atoms with Crippen LogP contribution in [-0.4, -0.2) is 34.9 Å². The standard InChI is InChI=1S/C6H5F6NO3/c1-4(3(15)16,6(10,11)12)13-2(14)5(7,8)9/h1H3,(H,13,14)(H,15,16)/t4-/m0/s1. The van der Waals surface area contributed by atoms with Crippen LogP contribution in [0.3, 0.4) is 0 Å². The van der Waals surface area contributed by atoms with E-state index in [4.69, 9.17) is 5.11 Å². The second kappa shape index (κ2) is 3.83. The monoisotopic (exact) mass is 253 g/mol. The minimum Gasteiger partial charge on any atom is -0.479 e. The van der Waals surface area contributed by atoms with Crippen LogP contribution in [0.2, 0.25) is 0 Å². The molecule has 0 aliphatic carbocycles. The predicted molar refractivity (Wildman–Crippen MR) is 36.3 cm³/mol. The molecule has 94 valence electrons. The Morgan fingerprint density at radius 3 is 1.62 bits per heavy atom. The maximum Gasteiger partial charge on any atom is 0.471 e. The molecule has 0 aromatic heterocycles. The number of hydrogen-bond donors (Lipinski definition) is 2. The zero-order valence-electron chi connectivity index (χ0n) is 7.53. The highest BCUT2D eigenvalue weighted by molar-refractivity contribution is 5.90. The Balaban J connectivity index is 5.15. The SMILES string of the molecule is C[C@](NC(=O)C(F)(F)F)(C(=O)O)C(F)(F)F. The van der Waals surface area contributed by atoms with Crippen molar-refractivity contribution in [1.29, 1.82) is 0 Å². The maximum absolute atomic E-state index is 12.1. The summed E-state index contributed by atoms with van der Waals surface area (Å²) in [6.45, 7) is -0.0844. The quantitative estimate of drug-likeness (QED) is 0.723. The molecule has 0 radical (unpaired) electrons. The lowest BCUT2D eigenvalue weighted by Gasteiger charge is -2.28. The van der Waals surface area contributed by atoms with Gasteiger partial charge in [-0.15, -0.1) is 0 Å². The average Bonchev–Trinajstić information content (AvgIpc) is 1.99. The number of aliphatic carboxylic acids is 1. The minimum atomic E-state index is -5.60. The van der Waals surface area contributed by atoms with Crippen LogP contribution < -0.4 is 5.32 Å². The molecule has 0 aromatic rings. The lowest BCUT2D eigenvalue weighted by Crippen LogP contribution is -2.63. The fourth-order valence-corrected chi connectivity index (χ4v) is 0.544. The Bertz CT molecular complexity index is 308. The van der Waals surface area contributed by atoms with Gasteiger partial charge in [0.05, 0.1) is 0 Å². The molecule has 1 amide bonds. The molecule has 0 rings (SSSR count). The van der Waals surface area contributed by atoms with Crippen LogP contribution in [0.4, 0.5) is 26.3 Å². The molecule has 2 N–H and O–H groups in total. The van der Waals surface area contributed by atoms with E-state index in [1.807, 2.05) is 0 Å². The molecule has 10 heteroatoms. The number of nitrogens with one attached hydrogen (secondary N) is 1. The first-order chi connectivity index (χ1) is 6.82. The number of carboxylic acid groups (broad SMARTS) is 1. The van der Waals surface area contributed by atoms with Gasteiger partial charge in [-0.05, 0) is 6.92 Å². The lowest BCUT2D eigenvalue weighted by molar-refractivity contribution is -0.214. The van der Waals surface area contributed by atoms with Gasteiger partial charge in [-0.25, -0.2) is 4.79 Å². The second-order valence-electron chi connectivity index (χ2n) is 2.88. The van der Waals surface area contributed by atoms with Crippen molar-refractivity contribution in [2.45, 2.75) is 24.8 Å². The van der Waals surface area contributed by atoms with E-state index in [1.165, 1.54) is 0 Å². The van der Waals surface area contributed by atoms with E-state index in [2.05, 4.69) is 0 Å². The Hall–Kier alpha value is -1.48. The van der Waals surface area contributed by atoms with Gasteiger partial charge < -0.3 is 10.4 Å². The van der Waals surface area contributed by atoms with Crippen LogP contribution in [0.5, 0.6) is 0 Å². The van der Waals surface area contributed by atoms with E-state index in [0.717, 1.165) is 0 Å². The molecule has 0 saturated carbocycles. The Morgan fingerprint density at radius 1 is 1.06 bits per heavy atom. The maximum atomic E-state index is 12.1. The Kier molecular flexibility index (Phi) is 3.48. The van der Waals surface area contributed by atoms with Gasteiger partial charge >= 0.3 is 24.2 Å². The van der Waals surface area contributed by atoms with Crippen molar-refractivity contribution < 1.29 is 41.0 Å². The summed E-state index contributed by atoms with van der Waals surface area (Å²) in [6, 6.07) is 0. The number of alkyl halides is 6. The van der Waals surface area contributed by atoms with Crippen LogP contribution in [0.25, 0.3) is 0 Å². The van der Waals surface area contributed by atoms with Crippen molar-refractivity contribution in [3.8, 4) is 0 Å². The third-order valence-corrected chi connectivity index (χ3v) is 1.62. The van der Waals surface area contributed by atoms with E-state index in [9.17, 15) is 35.9 Å². The third kappa shape index (κ3) is 2.76. The van der Waals surface area contributed by atoms with E-state index < -0.39 is 29.8 Å². The largest absolute Gasteiger partial charge is 0.479 e. The summed E-state index contributed by atoms with van der Waals surface area (Å²) >= 11 is 0. The van der Waals surface area contributed by atoms with Crippen molar-refractivity contribution in [3.05, 3.63) is 0 Å². The molecular formula is C6H5F6NO3. The molecule has 0 heterocycles. The Morgan fingerprint density at radius 2 is 1.44 bits per heavy atom. The highest BCUT2D eigenvalue weighted by Crippen LogP contribution is 2.31. The van der Waals surface area contributed by atoms with Gasteiger partial charge in [-0.3, -0.25) is 4.79 Å². The fraction of sp³-hybridized carbons (Fsp3) is 0.667. The van der Waals surface area contributed by atoms with E-state index in [1.54, 1.807) is 0 Å². The van der Waals surface area contributed by atoms with Gasteiger partial charge in [0.1, 0.15) is 0 Å². The van der Waals surface area contributed by atoms with Gasteiger partial charge in [0.25, 0.3) is 0 Å². The summed E-state index contributed by atoms with van der Waals surface area (Å²) < 4.78 is 71.4. The first-order valence-corrected chi connectivity index (χ1v) is 3.52. The predicted octanol–water partition coefficient (Wildman–Crippen LogP) is 1.07. The molecule has 0 fully saturated rings. The zero-order valence-corrected chi connectivity index (χ0v) is 7.53. The summed E-state index contributed by atoms with van der Waals surface area (Å²) in [6.07, 6.45) is -11.2. The number of rotatable bonds is 2. The zero-order chi connectivity index (χ0) is 13.4. The fourth-order valence-electron chi connectivity index (χ4n) is 0.544. The first kappa shape index (κ1) is 14.5. The van der Waals surface area contributed by atoms with Gasteiger partial charge in [0.2, 0.25) is 5.54 Å². The number of halogens is 6. The van der Waals surface area contributed by atoms with Crippen molar-refractivity contribution in [3.63, 3.8) is 0 Å². The van der Waals surface area contributed by atoms with Crippen molar-refractivity contribution in [2.75, 3.05) is 0 Å². The van der Waals surface area contributed by atoms with E-state index in [-0.39, 0.29) is 6.92 Å². The van der Waals surface area contributed by atoms with E-state index >= 15 is 0 Å². The van der Waals surface area contributed by atoms with Crippen LogP contribution in [0.1, 0.15) is 6.92 Å². The number of amides is 1. The first-order valence-electron chi connectivity index (χ1n) is 3.52. The normalized spacial score (nSPS) is 16.4. The number of carbonyl (C=O) groups is 2. The molecule has 1 atom stereocenters. The smallest absolute Gasteiger partial charge is 0.471 e. The van der Waals surface area contributed by atoms with Gasteiger partial charge in [0.15, 0.2) is 0 Å². The molecular weight excluding hydrogens is 248 g/mol. The lowest BCUT2D eigenvalue weighted by atomic mass is 10.0. The molecule has 16 heavy (non-hydrogen) atoms. The summed E-state index contributed by atoms with van der Waals surface area (Å²) in [5.74, 6) is -5.62. The van der Waals surface area contributed by atoms with Crippen molar-refractivity contribution in [2.24, 2.45) is 0 Å². The molecule has 4 nitrogen and oxygen atoms in total.